The van der Waals surface area contributed by atoms with Crippen LogP contribution in [0, 0.1) is 11.7 Å². The molecule has 6 heteroatoms. The summed E-state index contributed by atoms with van der Waals surface area (Å²) in [7, 11) is 0. The van der Waals surface area contributed by atoms with Crippen LogP contribution in [0.25, 0.3) is 0 Å². The van der Waals surface area contributed by atoms with Crippen molar-refractivity contribution in [2.24, 2.45) is 5.92 Å². The molecule has 2 heterocycles. The summed E-state index contributed by atoms with van der Waals surface area (Å²) in [6.45, 7) is 7.50. The topological polar surface area (TPSA) is 54.5 Å². The largest absolute Gasteiger partial charge is 0.444 e. The van der Waals surface area contributed by atoms with Crippen LogP contribution in [0.15, 0.2) is 18.3 Å². The van der Waals surface area contributed by atoms with E-state index in [1.807, 2.05) is 25.7 Å². The number of amides is 1. The number of alkyl carbamates (subject to hydrolysis) is 1. The monoisotopic (exact) mass is 309 g/mol. The number of anilines is 1. The smallest absolute Gasteiger partial charge is 0.407 e. The summed E-state index contributed by atoms with van der Waals surface area (Å²) in [5.74, 6) is 0.357. The second kappa shape index (κ2) is 6.94. The van der Waals surface area contributed by atoms with Crippen LogP contribution in [0.2, 0.25) is 0 Å². The highest BCUT2D eigenvalue weighted by molar-refractivity contribution is 5.67. The molecule has 0 saturated carbocycles. The number of ether oxygens (including phenoxy) is 1. The number of nitrogens with one attached hydrogen (secondary N) is 1. The van der Waals surface area contributed by atoms with Gasteiger partial charge in [0.2, 0.25) is 0 Å². The van der Waals surface area contributed by atoms with Crippen LogP contribution in [0.4, 0.5) is 15.0 Å². The van der Waals surface area contributed by atoms with E-state index in [0.29, 0.717) is 18.9 Å². The summed E-state index contributed by atoms with van der Waals surface area (Å²) >= 11 is 0. The lowest BCUT2D eigenvalue weighted by molar-refractivity contribution is 0.0517. The molecule has 0 bridgehead atoms. The summed E-state index contributed by atoms with van der Waals surface area (Å²) in [6, 6.07) is 3.01. The molecule has 2 rings (SSSR count). The Morgan fingerprint density at radius 3 is 3.00 bits per heavy atom. The van der Waals surface area contributed by atoms with Crippen molar-refractivity contribution in [3.8, 4) is 0 Å². The van der Waals surface area contributed by atoms with E-state index in [1.165, 1.54) is 6.07 Å². The minimum atomic E-state index is -0.500. The van der Waals surface area contributed by atoms with E-state index in [0.717, 1.165) is 19.4 Å². The first kappa shape index (κ1) is 16.5. The van der Waals surface area contributed by atoms with Crippen molar-refractivity contribution in [1.29, 1.82) is 0 Å². The number of carbonyl (C=O) groups is 1. The minimum Gasteiger partial charge on any atom is -0.444 e. The molecule has 1 amide bonds. The molecule has 0 aliphatic carbocycles. The Bertz CT molecular complexity index is 516. The first-order valence-electron chi connectivity index (χ1n) is 7.67. The number of rotatable bonds is 3. The Morgan fingerprint density at radius 1 is 1.55 bits per heavy atom. The first-order valence-corrected chi connectivity index (χ1v) is 7.67. The predicted molar refractivity (Wildman–Crippen MR) is 83.4 cm³/mol. The van der Waals surface area contributed by atoms with Crippen molar-refractivity contribution in [2.75, 3.05) is 24.5 Å². The van der Waals surface area contributed by atoms with Crippen molar-refractivity contribution in [3.05, 3.63) is 24.1 Å². The van der Waals surface area contributed by atoms with E-state index in [-0.39, 0.29) is 11.7 Å². The van der Waals surface area contributed by atoms with Gasteiger partial charge in [0.1, 0.15) is 5.60 Å². The molecule has 0 spiro atoms. The summed E-state index contributed by atoms with van der Waals surface area (Å²) < 4.78 is 19.0. The molecule has 122 valence electrons. The maximum Gasteiger partial charge on any atom is 0.407 e. The van der Waals surface area contributed by atoms with E-state index in [9.17, 15) is 9.18 Å². The molecule has 1 aromatic heterocycles. The molecular formula is C16H24FN3O2. The first-order chi connectivity index (χ1) is 10.3. The Morgan fingerprint density at radius 2 is 2.32 bits per heavy atom. The Kier molecular flexibility index (Phi) is 5.21. The van der Waals surface area contributed by atoms with Crippen molar-refractivity contribution in [3.63, 3.8) is 0 Å². The molecule has 22 heavy (non-hydrogen) atoms. The lowest BCUT2D eigenvalue weighted by Crippen LogP contribution is -2.42. The molecule has 1 aliphatic rings. The Balaban J connectivity index is 1.86. The second-order valence-electron chi connectivity index (χ2n) is 6.65. The highest BCUT2D eigenvalue weighted by atomic mass is 19.1. The zero-order valence-electron chi connectivity index (χ0n) is 13.4. The molecule has 0 aromatic carbocycles. The molecule has 5 nitrogen and oxygen atoms in total. The quantitative estimate of drug-likeness (QED) is 0.932. The maximum atomic E-state index is 13.8. The molecule has 0 radical (unpaired) electrons. The summed E-state index contributed by atoms with van der Waals surface area (Å²) in [5, 5.41) is 2.79. The fraction of sp³-hybridized carbons (Fsp3) is 0.625. The van der Waals surface area contributed by atoms with Gasteiger partial charge in [0, 0.05) is 25.8 Å². The van der Waals surface area contributed by atoms with E-state index < -0.39 is 11.7 Å². The third kappa shape index (κ3) is 4.86. The molecule has 1 N–H and O–H groups in total. The number of pyridine rings is 1. The summed E-state index contributed by atoms with van der Waals surface area (Å²) in [4.78, 5) is 17.8. The van der Waals surface area contributed by atoms with Crippen molar-refractivity contribution in [2.45, 2.75) is 39.2 Å². The van der Waals surface area contributed by atoms with Gasteiger partial charge in [-0.3, -0.25) is 0 Å². The molecule has 0 unspecified atom stereocenters. The molecule has 1 aromatic rings. The van der Waals surface area contributed by atoms with Crippen LogP contribution in [-0.2, 0) is 4.74 Å². The fourth-order valence-corrected chi connectivity index (χ4v) is 2.58. The van der Waals surface area contributed by atoms with Crippen molar-refractivity contribution in [1.82, 2.24) is 10.3 Å². The SMILES string of the molecule is CC(C)(C)OC(=O)NC[C@H]1CCCN(c2ncccc2F)C1. The predicted octanol–water partition coefficient (Wildman–Crippen LogP) is 2.96. The number of nitrogens with zero attached hydrogens (tertiary/aromatic N) is 2. The van der Waals surface area contributed by atoms with Gasteiger partial charge in [-0.05, 0) is 51.7 Å². The lowest BCUT2D eigenvalue weighted by Gasteiger charge is -2.33. The van der Waals surface area contributed by atoms with Gasteiger partial charge < -0.3 is 15.0 Å². The van der Waals surface area contributed by atoms with E-state index in [2.05, 4.69) is 10.3 Å². The van der Waals surface area contributed by atoms with Crippen LogP contribution < -0.4 is 10.2 Å². The zero-order chi connectivity index (χ0) is 16.2. The molecule has 1 fully saturated rings. The number of hydrogen-bond donors (Lipinski definition) is 1. The number of carbonyl (C=O) groups excluding carboxylic acids is 1. The van der Waals surface area contributed by atoms with Gasteiger partial charge in [0.15, 0.2) is 11.6 Å². The number of halogens is 1. The maximum absolute atomic E-state index is 13.8. The van der Waals surface area contributed by atoms with Crippen LogP contribution in [0.1, 0.15) is 33.6 Å². The van der Waals surface area contributed by atoms with Gasteiger partial charge in [-0.2, -0.15) is 0 Å². The van der Waals surface area contributed by atoms with Crippen molar-refractivity contribution < 1.29 is 13.9 Å². The minimum absolute atomic E-state index is 0.266. The van der Waals surface area contributed by atoms with Crippen LogP contribution in [0.3, 0.4) is 0 Å². The molecule has 1 atom stereocenters. The van der Waals surface area contributed by atoms with E-state index >= 15 is 0 Å². The average Bonchev–Trinajstić information content (AvgIpc) is 2.44. The lowest BCUT2D eigenvalue weighted by atomic mass is 9.98. The van der Waals surface area contributed by atoms with Crippen LogP contribution in [0.5, 0.6) is 0 Å². The zero-order valence-corrected chi connectivity index (χ0v) is 13.4. The fourth-order valence-electron chi connectivity index (χ4n) is 2.58. The van der Waals surface area contributed by atoms with Gasteiger partial charge >= 0.3 is 6.09 Å². The number of aromatic nitrogens is 1. The number of piperidine rings is 1. The van der Waals surface area contributed by atoms with E-state index in [1.54, 1.807) is 12.3 Å². The average molecular weight is 309 g/mol. The third-order valence-electron chi connectivity index (χ3n) is 3.49. The van der Waals surface area contributed by atoms with Crippen LogP contribution >= 0.6 is 0 Å². The van der Waals surface area contributed by atoms with Crippen LogP contribution in [-0.4, -0.2) is 36.3 Å². The molecular weight excluding hydrogens is 285 g/mol. The standard InChI is InChI=1S/C16H24FN3O2/c1-16(2,3)22-15(21)19-10-12-6-5-9-20(11-12)14-13(17)7-4-8-18-14/h4,7-8,12H,5-6,9-11H2,1-3H3,(H,19,21)/t12-/m1/s1. The van der Waals surface area contributed by atoms with Gasteiger partial charge in [-0.15, -0.1) is 0 Å². The van der Waals surface area contributed by atoms with Gasteiger partial charge in [0.25, 0.3) is 0 Å². The van der Waals surface area contributed by atoms with Gasteiger partial charge in [-0.1, -0.05) is 0 Å². The van der Waals surface area contributed by atoms with Crippen molar-refractivity contribution >= 4 is 11.9 Å². The summed E-state index contributed by atoms with van der Waals surface area (Å²) in [5.41, 5.74) is -0.500. The third-order valence-corrected chi connectivity index (χ3v) is 3.49. The number of hydrogen-bond acceptors (Lipinski definition) is 4. The molecule has 1 aliphatic heterocycles. The Hall–Kier alpha value is -1.85. The van der Waals surface area contributed by atoms with Gasteiger partial charge in [0.05, 0.1) is 0 Å². The highest BCUT2D eigenvalue weighted by Gasteiger charge is 2.24. The Labute approximate surface area is 130 Å². The highest BCUT2D eigenvalue weighted by Crippen LogP contribution is 2.23. The van der Waals surface area contributed by atoms with Gasteiger partial charge in [-0.25, -0.2) is 14.2 Å². The normalized spacial score (nSPS) is 18.9. The van der Waals surface area contributed by atoms with E-state index in [4.69, 9.17) is 4.74 Å². The summed E-state index contributed by atoms with van der Waals surface area (Å²) in [6.07, 6.45) is 3.15. The second-order valence-corrected chi connectivity index (χ2v) is 6.65. The molecule has 1 saturated heterocycles.